The van der Waals surface area contributed by atoms with E-state index in [0.29, 0.717) is 35.6 Å². The van der Waals surface area contributed by atoms with Crippen molar-refractivity contribution < 1.29 is 23.6 Å². The van der Waals surface area contributed by atoms with Gasteiger partial charge in [-0.2, -0.15) is 0 Å². The maximum atomic E-state index is 12.5. The minimum absolute atomic E-state index is 0.00626. The summed E-state index contributed by atoms with van der Waals surface area (Å²) in [5, 5.41) is 6.92. The molecule has 1 fully saturated rings. The van der Waals surface area contributed by atoms with E-state index in [1.54, 1.807) is 7.11 Å². The van der Waals surface area contributed by atoms with Crippen LogP contribution in [0.2, 0.25) is 0 Å². The van der Waals surface area contributed by atoms with Crippen molar-refractivity contribution in [1.29, 1.82) is 0 Å². The summed E-state index contributed by atoms with van der Waals surface area (Å²) in [7, 11) is 1.61. The molecule has 30 heavy (non-hydrogen) atoms. The molecule has 1 heterocycles. The summed E-state index contributed by atoms with van der Waals surface area (Å²) >= 11 is 0. The van der Waals surface area contributed by atoms with Crippen LogP contribution in [0.3, 0.4) is 0 Å². The molecule has 6 heteroatoms. The number of nitrogens with zero attached hydrogens (tertiary/aromatic N) is 1. The fraction of sp³-hybridized carbons (Fsp3) is 0.208. The van der Waals surface area contributed by atoms with Crippen LogP contribution in [-0.4, -0.2) is 23.8 Å². The third kappa shape index (κ3) is 3.20. The first kappa shape index (κ1) is 18.4. The van der Waals surface area contributed by atoms with E-state index >= 15 is 0 Å². The van der Waals surface area contributed by atoms with E-state index in [1.165, 1.54) is 0 Å². The molecule has 150 valence electrons. The van der Waals surface area contributed by atoms with Crippen LogP contribution in [0.4, 0.5) is 0 Å². The molecule has 0 spiro atoms. The number of hydrogen-bond acceptors (Lipinski definition) is 6. The molecule has 6 nitrogen and oxygen atoms in total. The van der Waals surface area contributed by atoms with Crippen molar-refractivity contribution in [3.63, 3.8) is 0 Å². The van der Waals surface area contributed by atoms with Crippen molar-refractivity contribution in [2.75, 3.05) is 7.11 Å². The van der Waals surface area contributed by atoms with Gasteiger partial charge in [-0.15, -0.1) is 0 Å². The van der Waals surface area contributed by atoms with E-state index in [2.05, 4.69) is 5.16 Å². The molecule has 0 bridgehead atoms. The van der Waals surface area contributed by atoms with Crippen molar-refractivity contribution in [3.8, 4) is 17.2 Å². The predicted molar refractivity (Wildman–Crippen MR) is 111 cm³/mol. The summed E-state index contributed by atoms with van der Waals surface area (Å²) in [4.78, 5) is 24.1. The molecule has 1 aliphatic carbocycles. The number of carbonyl (C=O) groups is 2. The number of carbonyl (C=O) groups excluding carboxylic acids is 2. The highest BCUT2D eigenvalue weighted by Crippen LogP contribution is 2.38. The number of hydrogen-bond donors (Lipinski definition) is 0. The van der Waals surface area contributed by atoms with E-state index in [1.807, 2.05) is 54.6 Å². The quantitative estimate of drug-likeness (QED) is 0.438. The summed E-state index contributed by atoms with van der Waals surface area (Å²) in [6.45, 7) is 0. The van der Waals surface area contributed by atoms with Crippen LogP contribution in [0, 0.1) is 0 Å². The number of ether oxygens (including phenoxy) is 2. The second-order valence-electron chi connectivity index (χ2n) is 7.44. The van der Waals surface area contributed by atoms with Crippen molar-refractivity contribution >= 4 is 33.3 Å². The lowest BCUT2D eigenvalue weighted by Gasteiger charge is -2.18. The van der Waals surface area contributed by atoms with Gasteiger partial charge in [-0.05, 0) is 53.6 Å². The number of benzene rings is 3. The molecule has 0 amide bonds. The fourth-order valence-electron chi connectivity index (χ4n) is 4.04. The minimum atomic E-state index is -0.401. The molecule has 3 aromatic carbocycles. The lowest BCUT2D eigenvalue weighted by atomic mass is 9.83. The molecule has 5 rings (SSSR count). The Hall–Kier alpha value is -3.67. The van der Waals surface area contributed by atoms with Crippen molar-refractivity contribution in [2.45, 2.75) is 25.2 Å². The van der Waals surface area contributed by atoms with Gasteiger partial charge in [0, 0.05) is 12.5 Å². The molecule has 1 aliphatic rings. The molecule has 0 unspecified atom stereocenters. The maximum Gasteiger partial charge on any atom is 0.167 e. The average Bonchev–Trinajstić information content (AvgIpc) is 3.18. The van der Waals surface area contributed by atoms with Gasteiger partial charge in [-0.3, -0.25) is 9.59 Å². The largest absolute Gasteiger partial charge is 0.497 e. The zero-order valence-corrected chi connectivity index (χ0v) is 16.4. The summed E-state index contributed by atoms with van der Waals surface area (Å²) in [6.07, 6.45) is 0.850. The van der Waals surface area contributed by atoms with Crippen LogP contribution in [0.1, 0.15) is 30.9 Å². The minimum Gasteiger partial charge on any atom is -0.497 e. The number of Topliss-reactive ketones (excluding diaryl/α,β-unsaturated/α-hetero) is 2. The molecule has 0 saturated heterocycles. The second-order valence-corrected chi connectivity index (χ2v) is 7.44. The third-order valence-electron chi connectivity index (χ3n) is 5.53. The number of rotatable bonds is 4. The topological polar surface area (TPSA) is 78.6 Å². The Morgan fingerprint density at radius 1 is 1.00 bits per heavy atom. The number of ketones is 2. The first-order valence-electron chi connectivity index (χ1n) is 9.81. The Labute approximate surface area is 172 Å². The molecular formula is C24H19NO5. The van der Waals surface area contributed by atoms with Gasteiger partial charge in [0.05, 0.1) is 24.8 Å². The lowest BCUT2D eigenvalue weighted by molar-refractivity contribution is -0.130. The highest BCUT2D eigenvalue weighted by atomic mass is 16.5. The van der Waals surface area contributed by atoms with E-state index < -0.39 is 5.92 Å². The lowest BCUT2D eigenvalue weighted by Crippen LogP contribution is -2.23. The molecule has 0 aliphatic heterocycles. The molecule has 1 saturated carbocycles. The van der Waals surface area contributed by atoms with Gasteiger partial charge in [0.2, 0.25) is 0 Å². The van der Waals surface area contributed by atoms with Gasteiger partial charge in [-0.1, -0.05) is 17.3 Å². The number of aromatic nitrogens is 1. The van der Waals surface area contributed by atoms with E-state index in [-0.39, 0.29) is 18.0 Å². The van der Waals surface area contributed by atoms with Crippen LogP contribution < -0.4 is 9.47 Å². The Balaban J connectivity index is 1.55. The van der Waals surface area contributed by atoms with Crippen LogP contribution in [0.25, 0.3) is 21.7 Å². The van der Waals surface area contributed by atoms with Gasteiger partial charge < -0.3 is 14.0 Å². The zero-order valence-electron chi connectivity index (χ0n) is 16.4. The normalized spacial score (nSPS) is 16.9. The van der Waals surface area contributed by atoms with Gasteiger partial charge in [0.15, 0.2) is 5.58 Å². The molecule has 1 aromatic heterocycles. The summed E-state index contributed by atoms with van der Waals surface area (Å²) in [5.41, 5.74) is 1.25. The highest BCUT2D eigenvalue weighted by molar-refractivity contribution is 6.11. The van der Waals surface area contributed by atoms with E-state index in [4.69, 9.17) is 14.0 Å². The molecule has 4 aromatic rings. The summed E-state index contributed by atoms with van der Waals surface area (Å²) < 4.78 is 16.7. The van der Waals surface area contributed by atoms with Crippen LogP contribution >= 0.6 is 0 Å². The SMILES string of the molecule is COc1cccc(Oc2ccc3c(ccc4onc([C@H]5CCC(=O)CC5=O)c43)c2)c1. The Bertz CT molecular complexity index is 1290. The van der Waals surface area contributed by atoms with Gasteiger partial charge >= 0.3 is 0 Å². The maximum absolute atomic E-state index is 12.5. The molecule has 0 radical (unpaired) electrons. The van der Waals surface area contributed by atoms with Crippen molar-refractivity contribution in [1.82, 2.24) is 5.16 Å². The average molecular weight is 401 g/mol. The Morgan fingerprint density at radius 2 is 1.83 bits per heavy atom. The van der Waals surface area contributed by atoms with Gasteiger partial charge in [0.25, 0.3) is 0 Å². The van der Waals surface area contributed by atoms with Crippen molar-refractivity contribution in [2.24, 2.45) is 0 Å². The Kier molecular flexibility index (Phi) is 4.47. The first-order chi connectivity index (χ1) is 14.6. The molecule has 0 N–H and O–H groups in total. The van der Waals surface area contributed by atoms with E-state index in [9.17, 15) is 9.59 Å². The zero-order chi connectivity index (χ0) is 20.7. The second kappa shape index (κ2) is 7.30. The number of methoxy groups -OCH3 is 1. The van der Waals surface area contributed by atoms with Crippen LogP contribution in [-0.2, 0) is 9.59 Å². The summed E-state index contributed by atoms with van der Waals surface area (Å²) in [6, 6.07) is 17.0. The predicted octanol–water partition coefficient (Wildman–Crippen LogP) is 5.19. The monoisotopic (exact) mass is 401 g/mol. The van der Waals surface area contributed by atoms with Crippen molar-refractivity contribution in [3.05, 3.63) is 60.3 Å². The third-order valence-corrected chi connectivity index (χ3v) is 5.53. The number of fused-ring (bicyclic) bond motifs is 3. The van der Waals surface area contributed by atoms with Crippen LogP contribution in [0.15, 0.2) is 59.1 Å². The smallest absolute Gasteiger partial charge is 0.167 e. The standard InChI is InChI=1S/C24H19NO5/c1-28-16-3-2-4-17(13-16)29-18-7-9-19-14(11-18)5-10-22-23(19)24(25-30-22)20-8-6-15(26)12-21(20)27/h2-5,7,9-11,13,20H,6,8,12H2,1H3/t20-/m0/s1. The summed E-state index contributed by atoms with van der Waals surface area (Å²) in [5.74, 6) is 1.59. The van der Waals surface area contributed by atoms with Gasteiger partial charge in [0.1, 0.15) is 34.5 Å². The Morgan fingerprint density at radius 3 is 2.67 bits per heavy atom. The van der Waals surface area contributed by atoms with Gasteiger partial charge in [-0.25, -0.2) is 0 Å². The first-order valence-corrected chi connectivity index (χ1v) is 9.81. The van der Waals surface area contributed by atoms with E-state index in [0.717, 1.165) is 21.9 Å². The fourth-order valence-corrected chi connectivity index (χ4v) is 4.04. The molecule has 1 atom stereocenters. The highest BCUT2D eigenvalue weighted by Gasteiger charge is 2.32. The molecular weight excluding hydrogens is 382 g/mol. The van der Waals surface area contributed by atoms with Crippen LogP contribution in [0.5, 0.6) is 17.2 Å².